The number of hydrogen-bond acceptors (Lipinski definition) is 3. The molecule has 3 nitrogen and oxygen atoms in total. The van der Waals surface area contributed by atoms with Crippen LogP contribution in [0.1, 0.15) is 46.5 Å². The highest BCUT2D eigenvalue weighted by atomic mass is 16.3. The highest BCUT2D eigenvalue weighted by molar-refractivity contribution is 4.87. The molecule has 1 fully saturated rings. The lowest BCUT2D eigenvalue weighted by atomic mass is 9.84. The third kappa shape index (κ3) is 5.36. The topological polar surface area (TPSA) is 35.5 Å². The van der Waals surface area contributed by atoms with E-state index in [2.05, 4.69) is 38.0 Å². The summed E-state index contributed by atoms with van der Waals surface area (Å²) in [7, 11) is 2.12. The van der Waals surface area contributed by atoms with Crippen molar-refractivity contribution in [1.29, 1.82) is 0 Å². The van der Waals surface area contributed by atoms with E-state index in [1.807, 2.05) is 0 Å². The van der Waals surface area contributed by atoms with Crippen LogP contribution in [0.15, 0.2) is 0 Å². The van der Waals surface area contributed by atoms with Crippen molar-refractivity contribution in [2.75, 3.05) is 26.7 Å². The molecule has 0 spiro atoms. The van der Waals surface area contributed by atoms with Crippen LogP contribution in [0.5, 0.6) is 0 Å². The van der Waals surface area contributed by atoms with E-state index >= 15 is 0 Å². The van der Waals surface area contributed by atoms with Gasteiger partial charge in [-0.15, -0.1) is 0 Å². The van der Waals surface area contributed by atoms with E-state index in [-0.39, 0.29) is 12.6 Å². The molecule has 3 heteroatoms. The van der Waals surface area contributed by atoms with E-state index in [0.717, 1.165) is 19.1 Å². The first kappa shape index (κ1) is 14.9. The van der Waals surface area contributed by atoms with Gasteiger partial charge in [0.15, 0.2) is 0 Å². The van der Waals surface area contributed by atoms with Gasteiger partial charge >= 0.3 is 0 Å². The Hall–Kier alpha value is -0.120. The zero-order valence-corrected chi connectivity index (χ0v) is 12.0. The number of rotatable bonds is 9. The van der Waals surface area contributed by atoms with Crippen LogP contribution in [-0.2, 0) is 0 Å². The van der Waals surface area contributed by atoms with Gasteiger partial charge in [-0.25, -0.2) is 0 Å². The lowest BCUT2D eigenvalue weighted by Gasteiger charge is -2.36. The summed E-state index contributed by atoms with van der Waals surface area (Å²) in [6, 6.07) is 1.04. The van der Waals surface area contributed by atoms with Gasteiger partial charge in [-0.05, 0) is 38.6 Å². The predicted octanol–water partition coefficient (Wildman–Crippen LogP) is 1.86. The maximum absolute atomic E-state index is 9.20. The maximum Gasteiger partial charge on any atom is 0.0584 e. The quantitative estimate of drug-likeness (QED) is 0.648. The van der Waals surface area contributed by atoms with Crippen LogP contribution in [0.2, 0.25) is 0 Å². The molecule has 1 aliphatic rings. The van der Waals surface area contributed by atoms with E-state index in [0.29, 0.717) is 5.41 Å². The van der Waals surface area contributed by atoms with E-state index in [4.69, 9.17) is 0 Å². The van der Waals surface area contributed by atoms with Crippen molar-refractivity contribution in [2.24, 2.45) is 5.41 Å². The van der Waals surface area contributed by atoms with Crippen LogP contribution >= 0.6 is 0 Å². The van der Waals surface area contributed by atoms with Crippen molar-refractivity contribution in [3.63, 3.8) is 0 Å². The molecule has 2 unspecified atom stereocenters. The normalized spacial score (nSPS) is 21.5. The highest BCUT2D eigenvalue weighted by Crippen LogP contribution is 2.27. The van der Waals surface area contributed by atoms with E-state index in [1.165, 1.54) is 25.7 Å². The fourth-order valence-corrected chi connectivity index (χ4v) is 2.40. The van der Waals surface area contributed by atoms with Crippen LogP contribution in [0, 0.1) is 5.41 Å². The van der Waals surface area contributed by atoms with Gasteiger partial charge in [0.1, 0.15) is 0 Å². The first-order valence-electron chi connectivity index (χ1n) is 7.05. The van der Waals surface area contributed by atoms with Crippen LogP contribution in [0.25, 0.3) is 0 Å². The Balaban J connectivity index is 2.43. The Morgan fingerprint density at radius 3 is 2.59 bits per heavy atom. The fourth-order valence-electron chi connectivity index (χ4n) is 2.40. The molecule has 2 N–H and O–H groups in total. The van der Waals surface area contributed by atoms with Crippen LogP contribution in [-0.4, -0.2) is 48.8 Å². The predicted molar refractivity (Wildman–Crippen MR) is 73.2 cm³/mol. The second kappa shape index (κ2) is 6.72. The van der Waals surface area contributed by atoms with E-state index in [1.54, 1.807) is 0 Å². The molecule has 1 saturated carbocycles. The second-order valence-corrected chi connectivity index (χ2v) is 6.16. The molecule has 17 heavy (non-hydrogen) atoms. The molecule has 0 aromatic heterocycles. The number of aliphatic hydroxyl groups excluding tert-OH is 1. The molecule has 102 valence electrons. The number of nitrogens with zero attached hydrogens (tertiary/aromatic N) is 1. The average Bonchev–Trinajstić information content (AvgIpc) is 3.09. The number of aliphatic hydroxyl groups is 1. The Bertz CT molecular complexity index is 218. The van der Waals surface area contributed by atoms with Gasteiger partial charge in [-0.1, -0.05) is 20.3 Å². The molecule has 0 heterocycles. The molecule has 0 aromatic carbocycles. The molecule has 0 radical (unpaired) electrons. The minimum absolute atomic E-state index is 0.245. The van der Waals surface area contributed by atoms with Gasteiger partial charge in [0.05, 0.1) is 6.61 Å². The van der Waals surface area contributed by atoms with Gasteiger partial charge in [-0.2, -0.15) is 0 Å². The Morgan fingerprint density at radius 2 is 2.12 bits per heavy atom. The third-order valence-electron chi connectivity index (χ3n) is 3.90. The Morgan fingerprint density at radius 1 is 1.47 bits per heavy atom. The monoisotopic (exact) mass is 242 g/mol. The van der Waals surface area contributed by atoms with Crippen molar-refractivity contribution < 1.29 is 5.11 Å². The standard InChI is InChI=1S/C14H30N2O/c1-5-8-14(3,10-15-13-6-7-13)11-16(4)12(2)9-17/h12-13,15,17H,5-11H2,1-4H3. The summed E-state index contributed by atoms with van der Waals surface area (Å²) in [5.41, 5.74) is 0.329. The molecule has 0 bridgehead atoms. The van der Waals surface area contributed by atoms with Crippen molar-refractivity contribution in [3.8, 4) is 0 Å². The van der Waals surface area contributed by atoms with Crippen molar-refractivity contribution >= 4 is 0 Å². The minimum Gasteiger partial charge on any atom is -0.395 e. The first-order chi connectivity index (χ1) is 8.00. The lowest BCUT2D eigenvalue weighted by Crippen LogP contribution is -2.45. The lowest BCUT2D eigenvalue weighted by molar-refractivity contribution is 0.104. The molecule has 0 aromatic rings. The number of nitrogens with one attached hydrogen (secondary N) is 1. The third-order valence-corrected chi connectivity index (χ3v) is 3.90. The van der Waals surface area contributed by atoms with Crippen molar-refractivity contribution in [1.82, 2.24) is 10.2 Å². The summed E-state index contributed by atoms with van der Waals surface area (Å²) in [5.74, 6) is 0. The van der Waals surface area contributed by atoms with Gasteiger partial charge in [0, 0.05) is 25.2 Å². The molecule has 0 amide bonds. The summed E-state index contributed by atoms with van der Waals surface area (Å²) >= 11 is 0. The van der Waals surface area contributed by atoms with Crippen molar-refractivity contribution in [3.05, 3.63) is 0 Å². The van der Waals surface area contributed by atoms with Crippen molar-refractivity contribution in [2.45, 2.75) is 58.5 Å². The number of hydrogen-bond donors (Lipinski definition) is 2. The van der Waals surface area contributed by atoms with Crippen LogP contribution < -0.4 is 5.32 Å². The summed E-state index contributed by atoms with van der Waals surface area (Å²) < 4.78 is 0. The minimum atomic E-state index is 0.245. The Labute approximate surface area is 107 Å². The van der Waals surface area contributed by atoms with Gasteiger partial charge in [-0.3, -0.25) is 0 Å². The fraction of sp³-hybridized carbons (Fsp3) is 1.00. The number of likely N-dealkylation sites (N-methyl/N-ethyl adjacent to an activating group) is 1. The summed E-state index contributed by atoms with van der Waals surface area (Å²) in [6.07, 6.45) is 5.18. The summed E-state index contributed by atoms with van der Waals surface area (Å²) in [6.45, 7) is 9.11. The zero-order chi connectivity index (χ0) is 12.9. The maximum atomic E-state index is 9.20. The molecule has 1 rings (SSSR count). The second-order valence-electron chi connectivity index (χ2n) is 6.16. The average molecular weight is 242 g/mol. The summed E-state index contributed by atoms with van der Waals surface area (Å²) in [5, 5.41) is 12.9. The molecule has 0 saturated heterocycles. The molecule has 0 aliphatic heterocycles. The first-order valence-corrected chi connectivity index (χ1v) is 7.05. The summed E-state index contributed by atoms with van der Waals surface area (Å²) in [4.78, 5) is 2.28. The molecular weight excluding hydrogens is 212 g/mol. The molecule has 1 aliphatic carbocycles. The largest absolute Gasteiger partial charge is 0.395 e. The SMILES string of the molecule is CCCC(C)(CNC1CC1)CN(C)C(C)CO. The van der Waals surface area contributed by atoms with E-state index in [9.17, 15) is 5.11 Å². The molecule has 2 atom stereocenters. The highest BCUT2D eigenvalue weighted by Gasteiger charge is 2.29. The van der Waals surface area contributed by atoms with E-state index < -0.39 is 0 Å². The zero-order valence-electron chi connectivity index (χ0n) is 12.0. The van der Waals surface area contributed by atoms with Crippen LogP contribution in [0.4, 0.5) is 0 Å². The molecular formula is C14H30N2O. The van der Waals surface area contributed by atoms with Crippen LogP contribution in [0.3, 0.4) is 0 Å². The van der Waals surface area contributed by atoms with Gasteiger partial charge in [0.25, 0.3) is 0 Å². The Kier molecular flexibility index (Phi) is 5.90. The smallest absolute Gasteiger partial charge is 0.0584 e. The van der Waals surface area contributed by atoms with Gasteiger partial charge in [0.2, 0.25) is 0 Å². The van der Waals surface area contributed by atoms with Gasteiger partial charge < -0.3 is 15.3 Å².